The van der Waals surface area contributed by atoms with Gasteiger partial charge in [-0.15, -0.1) is 0 Å². The molecule has 0 N–H and O–H groups in total. The largest absolute Gasteiger partial charge is 0.475 e. The van der Waals surface area contributed by atoms with E-state index in [1.54, 1.807) is 0 Å². The summed E-state index contributed by atoms with van der Waals surface area (Å²) in [5.74, 6) is 1.08. The van der Waals surface area contributed by atoms with Crippen molar-refractivity contribution in [2.75, 3.05) is 13.6 Å². The van der Waals surface area contributed by atoms with Crippen LogP contribution in [-0.4, -0.2) is 41.7 Å². The molecule has 2 atom stereocenters. The Morgan fingerprint density at radius 1 is 0.971 bits per heavy atom. The van der Waals surface area contributed by atoms with E-state index in [1.807, 2.05) is 0 Å². The fourth-order valence-electron chi connectivity index (χ4n) is 5.19. The van der Waals surface area contributed by atoms with Gasteiger partial charge in [0.15, 0.2) is 6.23 Å². The molecule has 1 heterocycles. The molecule has 0 bridgehead atoms. The molecule has 4 rings (SSSR count). The van der Waals surface area contributed by atoms with E-state index < -0.39 is 0 Å². The lowest BCUT2D eigenvalue weighted by molar-refractivity contribution is -0.140. The standard InChI is InChI=1S/C30H38N2O2/c1-6-10-30(34-27-14-13-23-11-8-9-12-24(23)19-27)31(5)28(7-2)32-16-15-25-17-21(3)22(4)18-26(25)20-29(32)33/h8-9,11-14,17-19,28,30H,6-7,10,15-16,20H2,1-5H3. The highest BCUT2D eigenvalue weighted by Gasteiger charge is 2.32. The summed E-state index contributed by atoms with van der Waals surface area (Å²) in [4.78, 5) is 17.8. The quantitative estimate of drug-likeness (QED) is 0.374. The Hall–Kier alpha value is -2.85. The second-order valence-corrected chi connectivity index (χ2v) is 9.64. The molecule has 0 aromatic heterocycles. The summed E-state index contributed by atoms with van der Waals surface area (Å²) in [6.45, 7) is 9.38. The molecular formula is C30H38N2O2. The predicted octanol–water partition coefficient (Wildman–Crippen LogP) is 6.26. The molecule has 3 aromatic rings. The van der Waals surface area contributed by atoms with E-state index in [1.165, 1.54) is 33.0 Å². The molecule has 0 aliphatic carbocycles. The van der Waals surface area contributed by atoms with Crippen LogP contribution in [0.5, 0.6) is 5.75 Å². The second kappa shape index (κ2) is 10.6. The number of carbonyl (C=O) groups excluding carboxylic acids is 1. The van der Waals surface area contributed by atoms with E-state index >= 15 is 0 Å². The maximum atomic E-state index is 13.4. The van der Waals surface area contributed by atoms with Crippen LogP contribution in [0.4, 0.5) is 0 Å². The molecule has 0 saturated heterocycles. The Morgan fingerprint density at radius 3 is 2.38 bits per heavy atom. The van der Waals surface area contributed by atoms with Crippen LogP contribution in [0, 0.1) is 13.8 Å². The molecule has 0 spiro atoms. The number of ether oxygens (including phenoxy) is 1. The first kappa shape index (κ1) is 24.3. The molecule has 1 amide bonds. The van der Waals surface area contributed by atoms with Crippen molar-refractivity contribution in [1.29, 1.82) is 0 Å². The van der Waals surface area contributed by atoms with Crippen LogP contribution >= 0.6 is 0 Å². The van der Waals surface area contributed by atoms with Gasteiger partial charge >= 0.3 is 0 Å². The lowest BCUT2D eigenvalue weighted by Gasteiger charge is -2.40. The van der Waals surface area contributed by atoms with Crippen molar-refractivity contribution >= 4 is 16.7 Å². The first-order valence-electron chi connectivity index (χ1n) is 12.7. The molecule has 4 heteroatoms. The zero-order valence-electron chi connectivity index (χ0n) is 21.3. The van der Waals surface area contributed by atoms with E-state index in [0.29, 0.717) is 6.42 Å². The fraction of sp³-hybridized carbons (Fsp3) is 0.433. The third-order valence-electron chi connectivity index (χ3n) is 7.28. The van der Waals surface area contributed by atoms with E-state index in [4.69, 9.17) is 4.74 Å². The van der Waals surface area contributed by atoms with Crippen LogP contribution in [0.3, 0.4) is 0 Å². The summed E-state index contributed by atoms with van der Waals surface area (Å²) in [7, 11) is 2.11. The van der Waals surface area contributed by atoms with Crippen molar-refractivity contribution in [1.82, 2.24) is 9.80 Å². The summed E-state index contributed by atoms with van der Waals surface area (Å²) in [5, 5.41) is 2.39. The van der Waals surface area contributed by atoms with Gasteiger partial charge in [0.1, 0.15) is 5.75 Å². The first-order chi connectivity index (χ1) is 16.4. The third-order valence-corrected chi connectivity index (χ3v) is 7.28. The van der Waals surface area contributed by atoms with Gasteiger partial charge in [-0.05, 0) is 85.3 Å². The van der Waals surface area contributed by atoms with Gasteiger partial charge in [0.05, 0.1) is 12.6 Å². The van der Waals surface area contributed by atoms with Crippen LogP contribution in [-0.2, 0) is 17.6 Å². The summed E-state index contributed by atoms with van der Waals surface area (Å²) < 4.78 is 6.55. The number of aryl methyl sites for hydroxylation is 2. The molecule has 2 unspecified atom stereocenters. The first-order valence-corrected chi connectivity index (χ1v) is 12.7. The Morgan fingerprint density at radius 2 is 1.68 bits per heavy atom. The lowest BCUT2D eigenvalue weighted by Crippen LogP contribution is -2.54. The van der Waals surface area contributed by atoms with Crippen LogP contribution in [0.1, 0.15) is 55.4 Å². The van der Waals surface area contributed by atoms with Gasteiger partial charge in [-0.3, -0.25) is 9.69 Å². The van der Waals surface area contributed by atoms with Gasteiger partial charge in [0.2, 0.25) is 5.91 Å². The van der Waals surface area contributed by atoms with Crippen LogP contribution in [0.25, 0.3) is 10.8 Å². The molecule has 0 radical (unpaired) electrons. The molecule has 0 fully saturated rings. The van der Waals surface area contributed by atoms with Crippen molar-refractivity contribution < 1.29 is 9.53 Å². The van der Waals surface area contributed by atoms with Gasteiger partial charge in [-0.1, -0.05) is 62.7 Å². The molecule has 0 saturated carbocycles. The molecule has 1 aliphatic heterocycles. The Bertz CT molecular complexity index is 1160. The lowest BCUT2D eigenvalue weighted by atomic mass is 9.97. The smallest absolute Gasteiger partial charge is 0.228 e. The third kappa shape index (κ3) is 5.12. The van der Waals surface area contributed by atoms with E-state index in [2.05, 4.69) is 99.1 Å². The maximum Gasteiger partial charge on any atom is 0.228 e. The minimum absolute atomic E-state index is 0.000938. The highest BCUT2D eigenvalue weighted by atomic mass is 16.5. The Labute approximate surface area is 204 Å². The Balaban J connectivity index is 1.54. The highest BCUT2D eigenvalue weighted by molar-refractivity contribution is 5.83. The molecule has 34 heavy (non-hydrogen) atoms. The minimum Gasteiger partial charge on any atom is -0.475 e. The van der Waals surface area contributed by atoms with Crippen molar-refractivity contribution in [3.8, 4) is 5.75 Å². The summed E-state index contributed by atoms with van der Waals surface area (Å²) in [5.41, 5.74) is 5.06. The average Bonchev–Trinajstić information content (AvgIpc) is 2.98. The summed E-state index contributed by atoms with van der Waals surface area (Å²) in [6.07, 6.45) is 4.05. The molecule has 180 valence electrons. The van der Waals surface area contributed by atoms with E-state index in [9.17, 15) is 4.79 Å². The van der Waals surface area contributed by atoms with Crippen molar-refractivity contribution in [2.24, 2.45) is 0 Å². The second-order valence-electron chi connectivity index (χ2n) is 9.64. The number of nitrogens with zero attached hydrogens (tertiary/aromatic N) is 2. The normalized spacial score (nSPS) is 15.8. The zero-order valence-corrected chi connectivity index (χ0v) is 21.3. The number of fused-ring (bicyclic) bond motifs is 2. The molecule has 1 aliphatic rings. The maximum absolute atomic E-state index is 13.4. The SMILES string of the molecule is CCCC(Oc1ccc2ccccc2c1)N(C)C(CC)N1CCc2cc(C)c(C)cc2CC1=O. The zero-order chi connectivity index (χ0) is 24.2. The molecule has 3 aromatic carbocycles. The number of hydrogen-bond acceptors (Lipinski definition) is 3. The van der Waals surface area contributed by atoms with Gasteiger partial charge in [0.25, 0.3) is 0 Å². The van der Waals surface area contributed by atoms with Crippen LogP contribution in [0.15, 0.2) is 54.6 Å². The van der Waals surface area contributed by atoms with Gasteiger partial charge in [-0.2, -0.15) is 0 Å². The average molecular weight is 459 g/mol. The van der Waals surface area contributed by atoms with Crippen molar-refractivity contribution in [3.05, 3.63) is 76.9 Å². The van der Waals surface area contributed by atoms with E-state index in [-0.39, 0.29) is 18.3 Å². The van der Waals surface area contributed by atoms with Gasteiger partial charge in [0, 0.05) is 6.54 Å². The van der Waals surface area contributed by atoms with Crippen molar-refractivity contribution in [2.45, 2.75) is 72.2 Å². The summed E-state index contributed by atoms with van der Waals surface area (Å²) >= 11 is 0. The monoisotopic (exact) mass is 458 g/mol. The van der Waals surface area contributed by atoms with Crippen LogP contribution < -0.4 is 4.74 Å². The molecule has 4 nitrogen and oxygen atoms in total. The number of carbonyl (C=O) groups is 1. The summed E-state index contributed by atoms with van der Waals surface area (Å²) in [6, 6.07) is 19.1. The minimum atomic E-state index is -0.0981. The number of amides is 1. The van der Waals surface area contributed by atoms with Crippen LogP contribution in [0.2, 0.25) is 0 Å². The number of benzene rings is 3. The van der Waals surface area contributed by atoms with Gasteiger partial charge < -0.3 is 9.64 Å². The Kier molecular flexibility index (Phi) is 7.57. The van der Waals surface area contributed by atoms with E-state index in [0.717, 1.165) is 38.0 Å². The van der Waals surface area contributed by atoms with Crippen molar-refractivity contribution in [3.63, 3.8) is 0 Å². The fourth-order valence-corrected chi connectivity index (χ4v) is 5.19. The molecular weight excluding hydrogens is 420 g/mol. The number of rotatable bonds is 8. The predicted molar refractivity (Wildman–Crippen MR) is 140 cm³/mol. The topological polar surface area (TPSA) is 32.8 Å². The number of hydrogen-bond donors (Lipinski definition) is 0. The van der Waals surface area contributed by atoms with Gasteiger partial charge in [-0.25, -0.2) is 0 Å². The highest BCUT2D eigenvalue weighted by Crippen LogP contribution is 2.27.